The molecule has 0 fully saturated rings. The Kier molecular flexibility index (Phi) is 3.67. The zero-order chi connectivity index (χ0) is 14.9. The monoisotopic (exact) mass is 292 g/mol. The van der Waals surface area contributed by atoms with Crippen LogP contribution in [0.4, 0.5) is 5.69 Å². The molecule has 2 rings (SSSR count). The maximum Gasteiger partial charge on any atom is 0.270 e. The number of nitro groups is 1. The predicted molar refractivity (Wildman–Crippen MR) is 74.0 cm³/mol. The summed E-state index contributed by atoms with van der Waals surface area (Å²) in [6.07, 6.45) is 0. The minimum absolute atomic E-state index is 0.0764. The largest absolute Gasteiger partial charge is 0.311 e. The van der Waals surface area contributed by atoms with Crippen molar-refractivity contribution in [2.75, 3.05) is 0 Å². The molecule has 6 nitrogen and oxygen atoms in total. The summed E-state index contributed by atoms with van der Waals surface area (Å²) < 4.78 is 1.23. The molecule has 0 N–H and O–H groups in total. The molecule has 0 aliphatic rings. The standard InChI is InChI=1S/C13H9ClN2O4/c1-15-11(6-5-10(12(14)17)13(15)18)8-3-2-4-9(7-8)16(19)20/h2-7H,1H3. The van der Waals surface area contributed by atoms with Crippen molar-refractivity contribution in [3.63, 3.8) is 0 Å². The molecule has 0 radical (unpaired) electrons. The van der Waals surface area contributed by atoms with Gasteiger partial charge in [-0.3, -0.25) is 19.7 Å². The fourth-order valence-electron chi connectivity index (χ4n) is 1.85. The van der Waals surface area contributed by atoms with E-state index in [2.05, 4.69) is 0 Å². The highest BCUT2D eigenvalue weighted by atomic mass is 35.5. The van der Waals surface area contributed by atoms with Crippen LogP contribution in [0, 0.1) is 10.1 Å². The van der Waals surface area contributed by atoms with E-state index < -0.39 is 15.7 Å². The van der Waals surface area contributed by atoms with Crippen LogP contribution in [0.2, 0.25) is 0 Å². The summed E-state index contributed by atoms with van der Waals surface area (Å²) in [6.45, 7) is 0. The van der Waals surface area contributed by atoms with E-state index in [0.717, 1.165) is 0 Å². The normalized spacial score (nSPS) is 10.3. The van der Waals surface area contributed by atoms with Crippen molar-refractivity contribution >= 4 is 22.5 Å². The number of nitrogens with zero attached hydrogens (tertiary/aromatic N) is 2. The molecular formula is C13H9ClN2O4. The lowest BCUT2D eigenvalue weighted by Gasteiger charge is -2.09. The highest BCUT2D eigenvalue weighted by Crippen LogP contribution is 2.22. The molecule has 0 aliphatic carbocycles. The van der Waals surface area contributed by atoms with Crippen molar-refractivity contribution in [1.29, 1.82) is 0 Å². The molecule has 7 heteroatoms. The maximum absolute atomic E-state index is 11.9. The lowest BCUT2D eigenvalue weighted by molar-refractivity contribution is -0.384. The van der Waals surface area contributed by atoms with Crippen molar-refractivity contribution in [3.8, 4) is 11.3 Å². The highest BCUT2D eigenvalue weighted by Gasteiger charge is 2.14. The fraction of sp³-hybridized carbons (Fsp3) is 0.0769. The average molecular weight is 293 g/mol. The summed E-state index contributed by atoms with van der Waals surface area (Å²) in [5.41, 5.74) is 0.206. The summed E-state index contributed by atoms with van der Waals surface area (Å²) >= 11 is 5.30. The van der Waals surface area contributed by atoms with Gasteiger partial charge in [-0.2, -0.15) is 0 Å². The van der Waals surface area contributed by atoms with Crippen LogP contribution in [0.5, 0.6) is 0 Å². The Balaban J connectivity index is 2.62. The van der Waals surface area contributed by atoms with Gasteiger partial charge in [0.05, 0.1) is 16.2 Å². The highest BCUT2D eigenvalue weighted by molar-refractivity contribution is 6.67. The first-order valence-corrected chi connectivity index (χ1v) is 5.94. The molecule has 1 aromatic carbocycles. The summed E-state index contributed by atoms with van der Waals surface area (Å²) in [6, 6.07) is 8.72. The SMILES string of the molecule is Cn1c(-c2cccc([N+](=O)[O-])c2)ccc(C(=O)Cl)c1=O. The van der Waals surface area contributed by atoms with Gasteiger partial charge >= 0.3 is 0 Å². The number of halogens is 1. The number of aromatic nitrogens is 1. The molecule has 1 heterocycles. The molecule has 0 amide bonds. The van der Waals surface area contributed by atoms with Crippen LogP contribution in [0.25, 0.3) is 11.3 Å². The molecule has 0 saturated carbocycles. The van der Waals surface area contributed by atoms with E-state index in [4.69, 9.17) is 11.6 Å². The third-order valence-corrected chi connectivity index (χ3v) is 3.07. The Bertz CT molecular complexity index is 767. The Morgan fingerprint density at radius 2 is 2.00 bits per heavy atom. The van der Waals surface area contributed by atoms with Crippen molar-refractivity contribution in [1.82, 2.24) is 4.57 Å². The van der Waals surface area contributed by atoms with Gasteiger partial charge in [-0.1, -0.05) is 12.1 Å². The summed E-state index contributed by atoms with van der Waals surface area (Å²) in [5.74, 6) is 0. The van der Waals surface area contributed by atoms with Gasteiger partial charge in [0.25, 0.3) is 16.5 Å². The van der Waals surface area contributed by atoms with Gasteiger partial charge in [0.2, 0.25) is 0 Å². The third-order valence-electron chi connectivity index (χ3n) is 2.87. The molecule has 0 atom stereocenters. The van der Waals surface area contributed by atoms with E-state index in [-0.39, 0.29) is 11.3 Å². The smallest absolute Gasteiger partial charge is 0.270 e. The lowest BCUT2D eigenvalue weighted by Crippen LogP contribution is -2.23. The fourth-order valence-corrected chi connectivity index (χ4v) is 2.00. The second-order valence-electron chi connectivity index (χ2n) is 4.08. The van der Waals surface area contributed by atoms with Crippen LogP contribution in [0.3, 0.4) is 0 Å². The molecule has 0 unspecified atom stereocenters. The van der Waals surface area contributed by atoms with E-state index in [9.17, 15) is 19.7 Å². The van der Waals surface area contributed by atoms with Gasteiger partial charge in [0.15, 0.2) is 0 Å². The van der Waals surface area contributed by atoms with E-state index >= 15 is 0 Å². The van der Waals surface area contributed by atoms with E-state index in [1.54, 1.807) is 6.07 Å². The summed E-state index contributed by atoms with van der Waals surface area (Å²) in [7, 11) is 1.47. The number of hydrogen-bond acceptors (Lipinski definition) is 4. The molecule has 2 aromatic rings. The molecular weight excluding hydrogens is 284 g/mol. The van der Waals surface area contributed by atoms with E-state index in [1.165, 1.54) is 41.9 Å². The minimum Gasteiger partial charge on any atom is -0.311 e. The quantitative estimate of drug-likeness (QED) is 0.494. The van der Waals surface area contributed by atoms with Crippen LogP contribution in [0.15, 0.2) is 41.2 Å². The van der Waals surface area contributed by atoms with Crippen LogP contribution in [-0.2, 0) is 7.05 Å². The van der Waals surface area contributed by atoms with Crippen molar-refractivity contribution in [2.45, 2.75) is 0 Å². The van der Waals surface area contributed by atoms with Gasteiger partial charge in [-0.15, -0.1) is 0 Å². The Morgan fingerprint density at radius 1 is 1.30 bits per heavy atom. The second-order valence-corrected chi connectivity index (χ2v) is 4.42. The van der Waals surface area contributed by atoms with Gasteiger partial charge in [-0.05, 0) is 23.7 Å². The maximum atomic E-state index is 11.9. The number of pyridine rings is 1. The molecule has 0 aliphatic heterocycles. The molecule has 0 saturated heterocycles. The number of rotatable bonds is 3. The molecule has 102 valence electrons. The van der Waals surface area contributed by atoms with Crippen molar-refractivity contribution in [2.24, 2.45) is 7.05 Å². The number of non-ortho nitro benzene ring substituents is 1. The first-order valence-electron chi connectivity index (χ1n) is 5.56. The van der Waals surface area contributed by atoms with Crippen LogP contribution < -0.4 is 5.56 Å². The molecule has 0 bridgehead atoms. The Labute approximate surface area is 118 Å². The van der Waals surface area contributed by atoms with Crippen LogP contribution >= 0.6 is 11.6 Å². The molecule has 0 spiro atoms. The topological polar surface area (TPSA) is 82.2 Å². The lowest BCUT2D eigenvalue weighted by atomic mass is 10.1. The average Bonchev–Trinajstić information content (AvgIpc) is 2.41. The van der Waals surface area contributed by atoms with Crippen LogP contribution in [-0.4, -0.2) is 14.7 Å². The first kappa shape index (κ1) is 14.0. The van der Waals surface area contributed by atoms with E-state index in [1.807, 2.05) is 0 Å². The van der Waals surface area contributed by atoms with Gasteiger partial charge in [0, 0.05) is 24.7 Å². The Hall–Kier alpha value is -2.47. The summed E-state index contributed by atoms with van der Waals surface area (Å²) in [5, 5.41) is 9.92. The van der Waals surface area contributed by atoms with Crippen molar-refractivity contribution < 1.29 is 9.72 Å². The number of hydrogen-bond donors (Lipinski definition) is 0. The summed E-state index contributed by atoms with van der Waals surface area (Å²) in [4.78, 5) is 33.3. The zero-order valence-corrected chi connectivity index (χ0v) is 11.1. The molecule has 1 aromatic heterocycles. The first-order chi connectivity index (χ1) is 9.41. The van der Waals surface area contributed by atoms with Gasteiger partial charge in [0.1, 0.15) is 0 Å². The van der Waals surface area contributed by atoms with Gasteiger partial charge < -0.3 is 4.57 Å². The Morgan fingerprint density at radius 3 is 2.60 bits per heavy atom. The van der Waals surface area contributed by atoms with Crippen LogP contribution in [0.1, 0.15) is 10.4 Å². The third kappa shape index (κ3) is 2.46. The van der Waals surface area contributed by atoms with E-state index in [0.29, 0.717) is 11.3 Å². The number of carbonyl (C=O) groups is 1. The molecule has 20 heavy (non-hydrogen) atoms. The number of carbonyl (C=O) groups excluding carboxylic acids is 1. The number of benzene rings is 1. The minimum atomic E-state index is -0.837. The number of nitro benzene ring substituents is 1. The zero-order valence-electron chi connectivity index (χ0n) is 10.4. The second kappa shape index (κ2) is 5.26. The predicted octanol–water partition coefficient (Wildman–Crippen LogP) is 2.34. The van der Waals surface area contributed by atoms with Crippen molar-refractivity contribution in [3.05, 3.63) is 62.4 Å². The van der Waals surface area contributed by atoms with Gasteiger partial charge in [-0.25, -0.2) is 0 Å².